The first-order valence-electron chi connectivity index (χ1n) is 5.18. The first kappa shape index (κ1) is 10.5. The number of rotatable bonds is 0. The Hall–Kier alpha value is -1.68. The Morgan fingerprint density at radius 1 is 1.24 bits per heavy atom. The molecular weight excluding hydrogens is 282 g/mol. The third kappa shape index (κ3) is 1.85. The Labute approximate surface area is 107 Å². The van der Waals surface area contributed by atoms with E-state index >= 15 is 0 Å². The van der Waals surface area contributed by atoms with Gasteiger partial charge in [-0.3, -0.25) is 0 Å². The standard InChI is InChI=1S/C13H8BrNO2/c14-10-4-3-8-6-9-2-1-5-15-12(9)13(16)17-11(8)7-10/h1-5,7H,6H2. The van der Waals surface area contributed by atoms with Crippen LogP contribution >= 0.6 is 15.9 Å². The van der Waals surface area contributed by atoms with E-state index in [0.717, 1.165) is 15.6 Å². The Kier molecular flexibility index (Phi) is 2.44. The van der Waals surface area contributed by atoms with Crippen molar-refractivity contribution in [1.82, 2.24) is 4.98 Å². The van der Waals surface area contributed by atoms with Crippen LogP contribution < -0.4 is 4.74 Å². The molecule has 2 aromatic rings. The number of hydrogen-bond acceptors (Lipinski definition) is 3. The maximum atomic E-state index is 11.9. The zero-order valence-electron chi connectivity index (χ0n) is 8.81. The number of hydrogen-bond donors (Lipinski definition) is 0. The summed E-state index contributed by atoms with van der Waals surface area (Å²) in [6, 6.07) is 9.43. The van der Waals surface area contributed by atoms with Crippen molar-refractivity contribution >= 4 is 21.9 Å². The lowest BCUT2D eigenvalue weighted by Gasteiger charge is -2.04. The summed E-state index contributed by atoms with van der Waals surface area (Å²) in [5.74, 6) is 0.208. The molecule has 0 saturated carbocycles. The molecule has 0 fully saturated rings. The minimum Gasteiger partial charge on any atom is -0.421 e. The second-order valence-corrected chi connectivity index (χ2v) is 4.75. The molecule has 2 heterocycles. The van der Waals surface area contributed by atoms with Gasteiger partial charge in [-0.2, -0.15) is 0 Å². The second kappa shape index (κ2) is 3.96. The molecule has 0 unspecified atom stereocenters. The Balaban J connectivity index is 2.17. The molecular formula is C13H8BrNO2. The summed E-state index contributed by atoms with van der Waals surface area (Å²) in [5, 5.41) is 0. The molecule has 1 aromatic heterocycles. The number of halogens is 1. The number of carbonyl (C=O) groups excluding carboxylic acids is 1. The lowest BCUT2D eigenvalue weighted by Crippen LogP contribution is -2.10. The number of ether oxygens (including phenoxy) is 1. The SMILES string of the molecule is O=C1Oc2cc(Br)ccc2Cc2cccnc21. The molecule has 0 amide bonds. The van der Waals surface area contributed by atoms with E-state index < -0.39 is 5.97 Å². The van der Waals surface area contributed by atoms with Crippen LogP contribution in [0, 0.1) is 0 Å². The van der Waals surface area contributed by atoms with Gasteiger partial charge in [-0.25, -0.2) is 9.78 Å². The van der Waals surface area contributed by atoms with Gasteiger partial charge in [0.15, 0.2) is 5.69 Å². The number of carbonyl (C=O) groups is 1. The fraction of sp³-hybridized carbons (Fsp3) is 0.0769. The Bertz CT molecular complexity index is 610. The van der Waals surface area contributed by atoms with Crippen LogP contribution in [0.15, 0.2) is 41.0 Å². The number of esters is 1. The summed E-state index contributed by atoms with van der Waals surface area (Å²) in [7, 11) is 0. The molecule has 0 radical (unpaired) electrons. The number of aromatic nitrogens is 1. The van der Waals surface area contributed by atoms with Crippen LogP contribution in [0.3, 0.4) is 0 Å². The van der Waals surface area contributed by atoms with Crippen LogP contribution in [0.25, 0.3) is 0 Å². The van der Waals surface area contributed by atoms with Gasteiger partial charge in [-0.05, 0) is 29.3 Å². The molecule has 1 aliphatic rings. The van der Waals surface area contributed by atoms with Crippen LogP contribution in [0.2, 0.25) is 0 Å². The van der Waals surface area contributed by atoms with Crippen molar-refractivity contribution in [2.24, 2.45) is 0 Å². The van der Waals surface area contributed by atoms with E-state index in [4.69, 9.17) is 4.74 Å². The molecule has 0 spiro atoms. The van der Waals surface area contributed by atoms with Gasteiger partial charge in [0.1, 0.15) is 5.75 Å². The van der Waals surface area contributed by atoms with Gasteiger partial charge in [0.2, 0.25) is 0 Å². The molecule has 4 heteroatoms. The lowest BCUT2D eigenvalue weighted by molar-refractivity contribution is 0.0729. The van der Waals surface area contributed by atoms with E-state index in [1.165, 1.54) is 0 Å². The fourth-order valence-electron chi connectivity index (χ4n) is 1.89. The monoisotopic (exact) mass is 289 g/mol. The van der Waals surface area contributed by atoms with Gasteiger partial charge < -0.3 is 4.74 Å². The number of nitrogens with zero attached hydrogens (tertiary/aromatic N) is 1. The third-order valence-corrected chi connectivity index (χ3v) is 3.19. The molecule has 1 aliphatic heterocycles. The highest BCUT2D eigenvalue weighted by Crippen LogP contribution is 2.29. The average molecular weight is 290 g/mol. The summed E-state index contributed by atoms with van der Waals surface area (Å²) in [6.07, 6.45) is 2.27. The topological polar surface area (TPSA) is 39.2 Å². The largest absolute Gasteiger partial charge is 0.421 e. The third-order valence-electron chi connectivity index (χ3n) is 2.70. The smallest absolute Gasteiger partial charge is 0.362 e. The summed E-state index contributed by atoms with van der Waals surface area (Å²) >= 11 is 3.36. The van der Waals surface area contributed by atoms with Gasteiger partial charge in [0.05, 0.1) is 0 Å². The van der Waals surface area contributed by atoms with Gasteiger partial charge >= 0.3 is 5.97 Å². The lowest BCUT2D eigenvalue weighted by atomic mass is 10.0. The van der Waals surface area contributed by atoms with E-state index in [0.29, 0.717) is 17.9 Å². The predicted molar refractivity (Wildman–Crippen MR) is 66.1 cm³/mol. The predicted octanol–water partition coefficient (Wildman–Crippen LogP) is 2.97. The van der Waals surface area contributed by atoms with Crippen LogP contribution in [-0.4, -0.2) is 11.0 Å². The number of benzene rings is 1. The maximum Gasteiger partial charge on any atom is 0.362 e. The minimum absolute atomic E-state index is 0.391. The van der Waals surface area contributed by atoms with E-state index in [-0.39, 0.29) is 0 Å². The summed E-state index contributed by atoms with van der Waals surface area (Å²) < 4.78 is 6.22. The Morgan fingerprint density at radius 2 is 2.12 bits per heavy atom. The number of pyridine rings is 1. The summed E-state index contributed by atoms with van der Waals surface area (Å²) in [4.78, 5) is 16.0. The molecule has 0 bridgehead atoms. The molecule has 17 heavy (non-hydrogen) atoms. The van der Waals surface area contributed by atoms with Crippen molar-refractivity contribution in [1.29, 1.82) is 0 Å². The summed E-state index contributed by atoms with van der Waals surface area (Å²) in [6.45, 7) is 0. The van der Waals surface area contributed by atoms with E-state index in [1.54, 1.807) is 12.3 Å². The van der Waals surface area contributed by atoms with E-state index in [2.05, 4.69) is 20.9 Å². The summed E-state index contributed by atoms with van der Waals surface area (Å²) in [5.41, 5.74) is 2.30. The first-order valence-corrected chi connectivity index (χ1v) is 5.98. The average Bonchev–Trinajstić information content (AvgIpc) is 2.46. The molecule has 0 saturated heterocycles. The van der Waals surface area contributed by atoms with Gasteiger partial charge in [-0.15, -0.1) is 0 Å². The van der Waals surface area contributed by atoms with E-state index in [9.17, 15) is 4.79 Å². The molecule has 3 rings (SSSR count). The molecule has 0 N–H and O–H groups in total. The van der Waals surface area contributed by atoms with Crippen LogP contribution in [-0.2, 0) is 6.42 Å². The van der Waals surface area contributed by atoms with E-state index in [1.807, 2.05) is 24.3 Å². The minimum atomic E-state index is -0.391. The van der Waals surface area contributed by atoms with Crippen LogP contribution in [0.1, 0.15) is 21.6 Å². The molecule has 0 atom stereocenters. The number of fused-ring (bicyclic) bond motifs is 2. The normalized spacial score (nSPS) is 13.4. The molecule has 0 aliphatic carbocycles. The van der Waals surface area contributed by atoms with Crippen molar-refractivity contribution in [2.75, 3.05) is 0 Å². The van der Waals surface area contributed by atoms with Crippen molar-refractivity contribution < 1.29 is 9.53 Å². The van der Waals surface area contributed by atoms with Crippen LogP contribution in [0.4, 0.5) is 0 Å². The van der Waals surface area contributed by atoms with Crippen molar-refractivity contribution in [2.45, 2.75) is 6.42 Å². The second-order valence-electron chi connectivity index (χ2n) is 3.83. The first-order chi connectivity index (χ1) is 8.24. The highest BCUT2D eigenvalue weighted by Gasteiger charge is 2.22. The van der Waals surface area contributed by atoms with Gasteiger partial charge in [0.25, 0.3) is 0 Å². The highest BCUT2D eigenvalue weighted by atomic mass is 79.9. The molecule has 1 aromatic carbocycles. The van der Waals surface area contributed by atoms with Crippen LogP contribution in [0.5, 0.6) is 5.75 Å². The van der Waals surface area contributed by atoms with Crippen molar-refractivity contribution in [3.05, 3.63) is 57.8 Å². The van der Waals surface area contributed by atoms with Gasteiger partial charge in [-0.1, -0.05) is 28.1 Å². The quantitative estimate of drug-likeness (QED) is 0.553. The van der Waals surface area contributed by atoms with Crippen molar-refractivity contribution in [3.63, 3.8) is 0 Å². The zero-order valence-corrected chi connectivity index (χ0v) is 10.4. The van der Waals surface area contributed by atoms with Crippen molar-refractivity contribution in [3.8, 4) is 5.75 Å². The zero-order chi connectivity index (χ0) is 11.8. The Morgan fingerprint density at radius 3 is 3.00 bits per heavy atom. The molecule has 84 valence electrons. The maximum absolute atomic E-state index is 11.9. The fourth-order valence-corrected chi connectivity index (χ4v) is 2.23. The molecule has 3 nitrogen and oxygen atoms in total. The highest BCUT2D eigenvalue weighted by molar-refractivity contribution is 9.10. The van der Waals surface area contributed by atoms with Gasteiger partial charge in [0, 0.05) is 17.1 Å².